The molecule has 1 aliphatic rings. The van der Waals surface area contributed by atoms with Crippen LogP contribution in [0, 0.1) is 6.92 Å². The molecule has 0 amide bonds. The Labute approximate surface area is 150 Å². The molecule has 0 radical (unpaired) electrons. The molecule has 124 valence electrons. The summed E-state index contributed by atoms with van der Waals surface area (Å²) in [6.45, 7) is 2.53. The van der Waals surface area contributed by atoms with Crippen molar-refractivity contribution in [2.45, 2.75) is 13.5 Å². The number of rotatable bonds is 4. The van der Waals surface area contributed by atoms with Gasteiger partial charge in [-0.05, 0) is 36.1 Å². The van der Waals surface area contributed by atoms with Crippen molar-refractivity contribution < 1.29 is 14.3 Å². The molecule has 0 saturated carbocycles. The van der Waals surface area contributed by atoms with E-state index in [1.807, 2.05) is 35.7 Å². The van der Waals surface area contributed by atoms with Gasteiger partial charge in [0, 0.05) is 17.0 Å². The second-order valence-corrected chi connectivity index (χ2v) is 6.87. The minimum atomic E-state index is -0.0894. The van der Waals surface area contributed by atoms with Crippen LogP contribution < -0.4 is 9.47 Å². The molecule has 3 nitrogen and oxygen atoms in total. The van der Waals surface area contributed by atoms with Gasteiger partial charge in [-0.2, -0.15) is 0 Å². The van der Waals surface area contributed by atoms with E-state index in [1.165, 1.54) is 5.56 Å². The molecule has 0 fully saturated rings. The van der Waals surface area contributed by atoms with Crippen LogP contribution in [-0.4, -0.2) is 5.78 Å². The molecule has 0 N–H and O–H groups in total. The van der Waals surface area contributed by atoms with Crippen molar-refractivity contribution in [2.75, 3.05) is 0 Å². The highest BCUT2D eigenvalue weighted by atomic mass is 32.1. The zero-order chi connectivity index (χ0) is 17.2. The van der Waals surface area contributed by atoms with E-state index in [-0.39, 0.29) is 5.78 Å². The van der Waals surface area contributed by atoms with Gasteiger partial charge in [-0.15, -0.1) is 11.3 Å². The minimum absolute atomic E-state index is 0.0894. The van der Waals surface area contributed by atoms with Crippen molar-refractivity contribution in [3.05, 3.63) is 87.3 Å². The molecule has 0 aliphatic carbocycles. The van der Waals surface area contributed by atoms with Crippen LogP contribution in [0.2, 0.25) is 0 Å². The molecule has 2 heterocycles. The number of allylic oxidation sites excluding steroid dienone is 1. The van der Waals surface area contributed by atoms with Crippen molar-refractivity contribution in [1.29, 1.82) is 0 Å². The molecule has 0 unspecified atom stereocenters. The maximum atomic E-state index is 12.4. The van der Waals surface area contributed by atoms with Crippen LogP contribution in [-0.2, 0) is 6.61 Å². The zero-order valence-corrected chi connectivity index (χ0v) is 14.5. The third-order valence-electron chi connectivity index (χ3n) is 3.98. The summed E-state index contributed by atoms with van der Waals surface area (Å²) < 4.78 is 11.6. The maximum absolute atomic E-state index is 12.4. The Morgan fingerprint density at radius 3 is 2.72 bits per heavy atom. The second kappa shape index (κ2) is 6.57. The molecule has 4 rings (SSSR count). The van der Waals surface area contributed by atoms with Gasteiger partial charge in [0.15, 0.2) is 5.76 Å². The van der Waals surface area contributed by atoms with E-state index in [2.05, 4.69) is 19.1 Å². The van der Waals surface area contributed by atoms with E-state index >= 15 is 0 Å². The largest absolute Gasteiger partial charge is 0.489 e. The topological polar surface area (TPSA) is 35.5 Å². The second-order valence-electron chi connectivity index (χ2n) is 5.89. The van der Waals surface area contributed by atoms with Crippen molar-refractivity contribution in [2.24, 2.45) is 0 Å². The summed E-state index contributed by atoms with van der Waals surface area (Å²) in [5.74, 6) is 1.50. The number of Topliss-reactive ketones (excluding diaryl/α,β-unsaturated/α-hetero) is 1. The molecule has 0 spiro atoms. The highest BCUT2D eigenvalue weighted by Crippen LogP contribution is 2.35. The lowest BCUT2D eigenvalue weighted by atomic mass is 10.1. The first-order chi connectivity index (χ1) is 12.2. The molecular weight excluding hydrogens is 332 g/mol. The Morgan fingerprint density at radius 1 is 1.12 bits per heavy atom. The molecule has 2 aromatic carbocycles. The third kappa shape index (κ3) is 3.35. The van der Waals surface area contributed by atoms with E-state index in [0.717, 1.165) is 10.4 Å². The molecular formula is C21H16O3S. The van der Waals surface area contributed by atoms with Crippen molar-refractivity contribution in [3.8, 4) is 11.5 Å². The van der Waals surface area contributed by atoms with Gasteiger partial charge < -0.3 is 9.47 Å². The van der Waals surface area contributed by atoms with Gasteiger partial charge in [0.25, 0.3) is 0 Å². The Hall–Kier alpha value is -2.85. The summed E-state index contributed by atoms with van der Waals surface area (Å²) in [7, 11) is 0. The van der Waals surface area contributed by atoms with Crippen LogP contribution in [0.25, 0.3) is 6.08 Å². The summed E-state index contributed by atoms with van der Waals surface area (Å²) in [6.07, 6.45) is 1.78. The Bertz CT molecular complexity index is 938. The molecule has 0 bridgehead atoms. The van der Waals surface area contributed by atoms with Crippen molar-refractivity contribution in [1.82, 2.24) is 0 Å². The van der Waals surface area contributed by atoms with E-state index in [0.29, 0.717) is 29.4 Å². The number of carbonyl (C=O) groups is 1. The Balaban J connectivity index is 1.50. The van der Waals surface area contributed by atoms with E-state index in [9.17, 15) is 4.79 Å². The van der Waals surface area contributed by atoms with Gasteiger partial charge in [0.1, 0.15) is 18.1 Å². The Morgan fingerprint density at radius 2 is 1.96 bits per heavy atom. The van der Waals surface area contributed by atoms with Gasteiger partial charge in [0.2, 0.25) is 5.78 Å². The van der Waals surface area contributed by atoms with E-state index in [4.69, 9.17) is 9.47 Å². The summed E-state index contributed by atoms with van der Waals surface area (Å²) in [5, 5.41) is 1.97. The molecule has 1 aromatic heterocycles. The lowest BCUT2D eigenvalue weighted by Crippen LogP contribution is -1.97. The van der Waals surface area contributed by atoms with Crippen LogP contribution in [0.15, 0.2) is 65.7 Å². The molecule has 1 aliphatic heterocycles. The SMILES string of the molecule is Cc1ccc(COc2ccc3c(c2)O/C(=C\c2cccs2)C3=O)cc1. The lowest BCUT2D eigenvalue weighted by Gasteiger charge is -2.07. The zero-order valence-electron chi connectivity index (χ0n) is 13.7. The molecule has 3 aromatic rings. The normalized spacial score (nSPS) is 14.4. The van der Waals surface area contributed by atoms with Gasteiger partial charge >= 0.3 is 0 Å². The first kappa shape index (κ1) is 15.7. The summed E-state index contributed by atoms with van der Waals surface area (Å²) in [6, 6.07) is 17.5. The van der Waals surface area contributed by atoms with Crippen LogP contribution >= 0.6 is 11.3 Å². The van der Waals surface area contributed by atoms with E-state index in [1.54, 1.807) is 29.5 Å². The van der Waals surface area contributed by atoms with E-state index < -0.39 is 0 Å². The monoisotopic (exact) mass is 348 g/mol. The standard InChI is InChI=1S/C21H16O3S/c1-14-4-6-15(7-5-14)13-23-16-8-9-18-19(11-16)24-20(21(18)22)12-17-3-2-10-25-17/h2-12H,13H2,1H3/b20-12-. The number of hydrogen-bond acceptors (Lipinski definition) is 4. The van der Waals surface area contributed by atoms with Gasteiger partial charge in [-0.1, -0.05) is 35.9 Å². The lowest BCUT2D eigenvalue weighted by molar-refractivity contribution is 0.101. The number of carbonyl (C=O) groups excluding carboxylic acids is 1. The summed E-state index contributed by atoms with van der Waals surface area (Å²) in [5.41, 5.74) is 2.89. The predicted molar refractivity (Wildman–Crippen MR) is 99.2 cm³/mol. The number of benzene rings is 2. The molecule has 0 saturated heterocycles. The number of ketones is 1. The number of fused-ring (bicyclic) bond motifs is 1. The van der Waals surface area contributed by atoms with Gasteiger partial charge in [0.05, 0.1) is 5.56 Å². The third-order valence-corrected chi connectivity index (χ3v) is 4.80. The average Bonchev–Trinajstić information content (AvgIpc) is 3.23. The quantitative estimate of drug-likeness (QED) is 0.604. The highest BCUT2D eigenvalue weighted by molar-refractivity contribution is 7.10. The van der Waals surface area contributed by atoms with Crippen molar-refractivity contribution >= 4 is 23.2 Å². The van der Waals surface area contributed by atoms with Crippen LogP contribution in [0.5, 0.6) is 11.5 Å². The average molecular weight is 348 g/mol. The fourth-order valence-corrected chi connectivity index (χ4v) is 3.26. The van der Waals surface area contributed by atoms with Crippen LogP contribution in [0.1, 0.15) is 26.4 Å². The van der Waals surface area contributed by atoms with Gasteiger partial charge in [-0.25, -0.2) is 0 Å². The van der Waals surface area contributed by atoms with Crippen molar-refractivity contribution in [3.63, 3.8) is 0 Å². The Kier molecular flexibility index (Phi) is 4.12. The molecule has 4 heteroatoms. The van der Waals surface area contributed by atoms with Crippen LogP contribution in [0.4, 0.5) is 0 Å². The summed E-state index contributed by atoms with van der Waals surface area (Å²) in [4.78, 5) is 13.4. The molecule has 0 atom stereocenters. The fraction of sp³-hybridized carbons (Fsp3) is 0.0952. The van der Waals surface area contributed by atoms with Crippen LogP contribution in [0.3, 0.4) is 0 Å². The fourth-order valence-electron chi connectivity index (χ4n) is 2.61. The number of aryl methyl sites for hydroxylation is 1. The first-order valence-electron chi connectivity index (χ1n) is 7.99. The minimum Gasteiger partial charge on any atom is -0.489 e. The maximum Gasteiger partial charge on any atom is 0.232 e. The predicted octanol–water partition coefficient (Wildman–Crippen LogP) is 5.25. The highest BCUT2D eigenvalue weighted by Gasteiger charge is 2.27. The number of ether oxygens (including phenoxy) is 2. The smallest absolute Gasteiger partial charge is 0.232 e. The summed E-state index contributed by atoms with van der Waals surface area (Å²) >= 11 is 1.57. The number of hydrogen-bond donors (Lipinski definition) is 0. The number of thiophene rings is 1. The first-order valence-corrected chi connectivity index (χ1v) is 8.87. The molecule has 25 heavy (non-hydrogen) atoms. The van der Waals surface area contributed by atoms with Gasteiger partial charge in [-0.3, -0.25) is 4.79 Å².